The molecule has 1 aromatic carbocycles. The van der Waals surface area contributed by atoms with Gasteiger partial charge in [-0.3, -0.25) is 0 Å². The first-order valence-electron chi connectivity index (χ1n) is 8.21. The van der Waals surface area contributed by atoms with E-state index in [1.54, 1.807) is 0 Å². The SMILES string of the molecule is CCNC(CN(C)CCC(C)C)c1ccc(OCC)cc1. The quantitative estimate of drug-likeness (QED) is 0.711. The highest BCUT2D eigenvalue weighted by Crippen LogP contribution is 2.19. The number of nitrogens with zero attached hydrogens (tertiary/aromatic N) is 1. The predicted octanol–water partition coefficient (Wildman–Crippen LogP) is 3.71. The van der Waals surface area contributed by atoms with Crippen LogP contribution < -0.4 is 10.1 Å². The second-order valence-electron chi connectivity index (χ2n) is 6.06. The van der Waals surface area contributed by atoms with Crippen molar-refractivity contribution in [1.82, 2.24) is 10.2 Å². The van der Waals surface area contributed by atoms with Crippen molar-refractivity contribution in [2.75, 3.05) is 33.3 Å². The normalized spacial score (nSPS) is 12.9. The average Bonchev–Trinajstić information content (AvgIpc) is 2.46. The molecule has 3 heteroatoms. The van der Waals surface area contributed by atoms with Gasteiger partial charge in [0.15, 0.2) is 0 Å². The molecular weight excluding hydrogens is 260 g/mol. The van der Waals surface area contributed by atoms with Gasteiger partial charge in [-0.05, 0) is 57.1 Å². The molecule has 0 radical (unpaired) electrons. The second kappa shape index (κ2) is 9.80. The van der Waals surface area contributed by atoms with Gasteiger partial charge in [0.1, 0.15) is 5.75 Å². The van der Waals surface area contributed by atoms with Crippen molar-refractivity contribution in [3.63, 3.8) is 0 Å². The van der Waals surface area contributed by atoms with E-state index >= 15 is 0 Å². The number of likely N-dealkylation sites (N-methyl/N-ethyl adjacent to an activating group) is 2. The summed E-state index contributed by atoms with van der Waals surface area (Å²) in [6.07, 6.45) is 1.25. The fraction of sp³-hybridized carbons (Fsp3) is 0.667. The first-order chi connectivity index (χ1) is 10.1. The van der Waals surface area contributed by atoms with Gasteiger partial charge in [0.05, 0.1) is 6.61 Å². The van der Waals surface area contributed by atoms with Gasteiger partial charge in [0, 0.05) is 12.6 Å². The van der Waals surface area contributed by atoms with Crippen molar-refractivity contribution in [3.8, 4) is 5.75 Å². The third kappa shape index (κ3) is 6.96. The number of nitrogens with one attached hydrogen (secondary N) is 1. The van der Waals surface area contributed by atoms with E-state index in [-0.39, 0.29) is 0 Å². The minimum Gasteiger partial charge on any atom is -0.494 e. The molecule has 0 saturated carbocycles. The predicted molar refractivity (Wildman–Crippen MR) is 91.0 cm³/mol. The zero-order chi connectivity index (χ0) is 15.7. The largest absolute Gasteiger partial charge is 0.494 e. The summed E-state index contributed by atoms with van der Waals surface area (Å²) < 4.78 is 5.52. The van der Waals surface area contributed by atoms with Gasteiger partial charge in [-0.1, -0.05) is 32.9 Å². The van der Waals surface area contributed by atoms with Gasteiger partial charge in [0.25, 0.3) is 0 Å². The molecule has 0 saturated heterocycles. The van der Waals surface area contributed by atoms with Crippen LogP contribution >= 0.6 is 0 Å². The van der Waals surface area contributed by atoms with Crippen molar-refractivity contribution >= 4 is 0 Å². The van der Waals surface area contributed by atoms with Crippen LogP contribution in [0.3, 0.4) is 0 Å². The van der Waals surface area contributed by atoms with E-state index in [1.165, 1.54) is 12.0 Å². The smallest absolute Gasteiger partial charge is 0.119 e. The number of hydrogen-bond acceptors (Lipinski definition) is 3. The van der Waals surface area contributed by atoms with Crippen LogP contribution in [0.25, 0.3) is 0 Å². The summed E-state index contributed by atoms with van der Waals surface area (Å²) in [6, 6.07) is 8.86. The molecule has 0 aromatic heterocycles. The van der Waals surface area contributed by atoms with E-state index in [0.717, 1.165) is 31.3 Å². The van der Waals surface area contributed by atoms with E-state index in [0.29, 0.717) is 12.6 Å². The molecule has 3 nitrogen and oxygen atoms in total. The molecule has 0 aliphatic rings. The Hall–Kier alpha value is -1.06. The van der Waals surface area contributed by atoms with Gasteiger partial charge in [0.2, 0.25) is 0 Å². The lowest BCUT2D eigenvalue weighted by Gasteiger charge is -2.26. The molecule has 1 atom stereocenters. The summed E-state index contributed by atoms with van der Waals surface area (Å²) in [5.74, 6) is 1.71. The Morgan fingerprint density at radius 2 is 1.81 bits per heavy atom. The Morgan fingerprint density at radius 1 is 1.14 bits per heavy atom. The summed E-state index contributed by atoms with van der Waals surface area (Å²) in [7, 11) is 2.21. The molecule has 0 fully saturated rings. The molecule has 1 rings (SSSR count). The zero-order valence-electron chi connectivity index (χ0n) is 14.4. The lowest BCUT2D eigenvalue weighted by molar-refractivity contribution is 0.276. The Labute approximate surface area is 130 Å². The summed E-state index contributed by atoms with van der Waals surface area (Å²) in [4.78, 5) is 2.42. The van der Waals surface area contributed by atoms with Crippen LogP contribution in [-0.2, 0) is 0 Å². The Bertz CT molecular complexity index is 375. The molecule has 0 spiro atoms. The van der Waals surface area contributed by atoms with Crippen molar-refractivity contribution < 1.29 is 4.74 Å². The maximum Gasteiger partial charge on any atom is 0.119 e. The molecule has 1 aromatic rings. The summed E-state index contributed by atoms with van der Waals surface area (Å²) in [5.41, 5.74) is 1.33. The molecule has 0 amide bonds. The molecule has 0 bridgehead atoms. The monoisotopic (exact) mass is 292 g/mol. The van der Waals surface area contributed by atoms with Crippen LogP contribution in [0.1, 0.15) is 45.7 Å². The highest BCUT2D eigenvalue weighted by molar-refractivity contribution is 5.29. The maximum atomic E-state index is 5.52. The molecule has 120 valence electrons. The summed E-state index contributed by atoms with van der Waals surface area (Å²) in [5, 5.41) is 3.59. The Morgan fingerprint density at radius 3 is 2.33 bits per heavy atom. The van der Waals surface area contributed by atoms with Crippen LogP contribution in [0.5, 0.6) is 5.75 Å². The topological polar surface area (TPSA) is 24.5 Å². The van der Waals surface area contributed by atoms with E-state index in [4.69, 9.17) is 4.74 Å². The summed E-state index contributed by atoms with van der Waals surface area (Å²) >= 11 is 0. The molecule has 0 aliphatic carbocycles. The highest BCUT2D eigenvalue weighted by atomic mass is 16.5. The third-order valence-corrected chi connectivity index (χ3v) is 3.63. The lowest BCUT2D eigenvalue weighted by Crippen LogP contribution is -2.33. The van der Waals surface area contributed by atoms with Gasteiger partial charge >= 0.3 is 0 Å². The lowest BCUT2D eigenvalue weighted by atomic mass is 10.1. The molecule has 1 N–H and O–H groups in total. The van der Waals surface area contributed by atoms with Crippen LogP contribution in [0, 0.1) is 5.92 Å². The van der Waals surface area contributed by atoms with E-state index in [9.17, 15) is 0 Å². The first-order valence-corrected chi connectivity index (χ1v) is 8.21. The van der Waals surface area contributed by atoms with Gasteiger partial charge in [-0.15, -0.1) is 0 Å². The van der Waals surface area contributed by atoms with Crippen molar-refractivity contribution in [2.24, 2.45) is 5.92 Å². The van der Waals surface area contributed by atoms with Gasteiger partial charge < -0.3 is 15.0 Å². The molecular formula is C18H32N2O. The minimum atomic E-state index is 0.378. The standard InChI is InChI=1S/C18H32N2O/c1-6-19-18(14-20(5)13-12-15(3)4)16-8-10-17(11-9-16)21-7-2/h8-11,15,18-19H,6-7,12-14H2,1-5H3. The van der Waals surface area contributed by atoms with Crippen LogP contribution in [0.15, 0.2) is 24.3 Å². The Balaban J connectivity index is 2.62. The molecule has 0 aliphatic heterocycles. The highest BCUT2D eigenvalue weighted by Gasteiger charge is 2.13. The zero-order valence-corrected chi connectivity index (χ0v) is 14.4. The summed E-state index contributed by atoms with van der Waals surface area (Å²) in [6.45, 7) is 12.6. The van der Waals surface area contributed by atoms with Gasteiger partial charge in [-0.25, -0.2) is 0 Å². The van der Waals surface area contributed by atoms with Crippen molar-refractivity contribution in [3.05, 3.63) is 29.8 Å². The number of ether oxygens (including phenoxy) is 1. The van der Waals surface area contributed by atoms with Crippen molar-refractivity contribution in [1.29, 1.82) is 0 Å². The van der Waals surface area contributed by atoms with E-state index in [2.05, 4.69) is 62.3 Å². The maximum absolute atomic E-state index is 5.52. The first kappa shape index (κ1) is 18.0. The van der Waals surface area contributed by atoms with Crippen LogP contribution in [0.2, 0.25) is 0 Å². The van der Waals surface area contributed by atoms with Crippen LogP contribution in [0.4, 0.5) is 0 Å². The van der Waals surface area contributed by atoms with Gasteiger partial charge in [-0.2, -0.15) is 0 Å². The second-order valence-corrected chi connectivity index (χ2v) is 6.06. The fourth-order valence-corrected chi connectivity index (χ4v) is 2.38. The van der Waals surface area contributed by atoms with Crippen molar-refractivity contribution in [2.45, 2.75) is 40.2 Å². The van der Waals surface area contributed by atoms with E-state index in [1.807, 2.05) is 6.92 Å². The molecule has 21 heavy (non-hydrogen) atoms. The number of hydrogen-bond donors (Lipinski definition) is 1. The third-order valence-electron chi connectivity index (χ3n) is 3.63. The average molecular weight is 292 g/mol. The Kier molecular flexibility index (Phi) is 8.40. The van der Waals surface area contributed by atoms with Crippen LogP contribution in [-0.4, -0.2) is 38.2 Å². The number of benzene rings is 1. The van der Waals surface area contributed by atoms with E-state index < -0.39 is 0 Å². The fourth-order valence-electron chi connectivity index (χ4n) is 2.38. The minimum absolute atomic E-state index is 0.378. The molecule has 1 unspecified atom stereocenters. The molecule has 0 heterocycles. The number of rotatable bonds is 10.